The lowest BCUT2D eigenvalue weighted by molar-refractivity contribution is -0.140. The average Bonchev–Trinajstić information content (AvgIpc) is 3.07. The summed E-state index contributed by atoms with van der Waals surface area (Å²) in [4.78, 5) is 41.6. The van der Waals surface area contributed by atoms with E-state index in [1.165, 1.54) is 24.2 Å². The number of primary amides is 1. The van der Waals surface area contributed by atoms with Crippen LogP contribution in [-0.2, 0) is 20.8 Å². The van der Waals surface area contributed by atoms with Gasteiger partial charge in [0.2, 0.25) is 17.7 Å². The van der Waals surface area contributed by atoms with Crippen molar-refractivity contribution < 1.29 is 14.4 Å². The summed E-state index contributed by atoms with van der Waals surface area (Å²) in [6.07, 6.45) is 8.09. The molecule has 30 heavy (non-hydrogen) atoms. The number of piperidine rings is 1. The summed E-state index contributed by atoms with van der Waals surface area (Å²) in [6, 6.07) is 9.55. The van der Waals surface area contributed by atoms with Crippen LogP contribution in [0.25, 0.3) is 0 Å². The number of hydrogen-bond acceptors (Lipinski definition) is 4. The minimum absolute atomic E-state index is 0.0832. The van der Waals surface area contributed by atoms with Crippen molar-refractivity contribution in [2.24, 2.45) is 17.1 Å². The maximum absolute atomic E-state index is 13.0. The molecule has 1 saturated carbocycles. The summed E-state index contributed by atoms with van der Waals surface area (Å²) in [5, 5.41) is 0. The molecule has 2 heterocycles. The summed E-state index contributed by atoms with van der Waals surface area (Å²) in [6.45, 7) is 1.75. The molecule has 0 aromatic heterocycles. The summed E-state index contributed by atoms with van der Waals surface area (Å²) < 4.78 is 0. The number of benzene rings is 1. The van der Waals surface area contributed by atoms with Crippen LogP contribution in [0.4, 0.5) is 0 Å². The molecule has 2 saturated heterocycles. The van der Waals surface area contributed by atoms with Crippen LogP contribution in [-0.4, -0.2) is 53.2 Å². The van der Waals surface area contributed by atoms with Crippen molar-refractivity contribution in [1.82, 2.24) is 9.80 Å². The molecule has 2 aliphatic heterocycles. The van der Waals surface area contributed by atoms with Gasteiger partial charge in [-0.3, -0.25) is 24.2 Å². The third kappa shape index (κ3) is 4.02. The summed E-state index contributed by atoms with van der Waals surface area (Å²) in [7, 11) is 0. The first-order valence-electron chi connectivity index (χ1n) is 11.4. The molecule has 6 nitrogen and oxygen atoms in total. The fraction of sp³-hybridized carbons (Fsp3) is 0.625. The van der Waals surface area contributed by atoms with Crippen LogP contribution in [0.5, 0.6) is 0 Å². The maximum atomic E-state index is 13.0. The van der Waals surface area contributed by atoms with E-state index in [2.05, 4.69) is 4.90 Å². The molecule has 1 aliphatic carbocycles. The van der Waals surface area contributed by atoms with Gasteiger partial charge in [-0.25, -0.2) is 0 Å². The summed E-state index contributed by atoms with van der Waals surface area (Å²) >= 11 is 0. The smallest absolute Gasteiger partial charge is 0.247 e. The molecule has 6 heteroatoms. The highest BCUT2D eigenvalue weighted by Gasteiger charge is 2.49. The van der Waals surface area contributed by atoms with Gasteiger partial charge in [0, 0.05) is 6.54 Å². The molecule has 162 valence electrons. The Morgan fingerprint density at radius 1 is 1.03 bits per heavy atom. The number of likely N-dealkylation sites (tertiary alicyclic amines) is 2. The predicted molar refractivity (Wildman–Crippen MR) is 114 cm³/mol. The van der Waals surface area contributed by atoms with Crippen molar-refractivity contribution >= 4 is 17.7 Å². The van der Waals surface area contributed by atoms with Gasteiger partial charge in [-0.1, -0.05) is 49.6 Å². The summed E-state index contributed by atoms with van der Waals surface area (Å²) in [5.74, 6) is 0.0293. The number of nitrogens with two attached hydrogens (primary N) is 1. The fourth-order valence-electron chi connectivity index (χ4n) is 5.82. The number of carbonyl (C=O) groups excluding carboxylic acids is 3. The molecule has 0 radical (unpaired) electrons. The van der Waals surface area contributed by atoms with Crippen molar-refractivity contribution in [3.63, 3.8) is 0 Å². The zero-order valence-corrected chi connectivity index (χ0v) is 17.7. The summed E-state index contributed by atoms with van der Waals surface area (Å²) in [5.41, 5.74) is 6.60. The molecule has 1 atom stereocenters. The normalized spacial score (nSPS) is 25.6. The van der Waals surface area contributed by atoms with Crippen LogP contribution in [0.15, 0.2) is 30.3 Å². The second kappa shape index (κ2) is 8.88. The van der Waals surface area contributed by atoms with Gasteiger partial charge in [0.25, 0.3) is 0 Å². The molecule has 3 amide bonds. The zero-order valence-electron chi connectivity index (χ0n) is 17.7. The van der Waals surface area contributed by atoms with Crippen LogP contribution in [0.3, 0.4) is 0 Å². The van der Waals surface area contributed by atoms with E-state index in [0.717, 1.165) is 18.4 Å². The van der Waals surface area contributed by atoms with Gasteiger partial charge < -0.3 is 5.73 Å². The largest absolute Gasteiger partial charge is 0.369 e. The van der Waals surface area contributed by atoms with Crippen LogP contribution in [0.2, 0.25) is 0 Å². The van der Waals surface area contributed by atoms with E-state index in [0.29, 0.717) is 44.8 Å². The first kappa shape index (κ1) is 21.0. The Morgan fingerprint density at radius 3 is 2.33 bits per heavy atom. The first-order chi connectivity index (χ1) is 14.5. The van der Waals surface area contributed by atoms with Crippen LogP contribution < -0.4 is 5.73 Å². The van der Waals surface area contributed by atoms with Gasteiger partial charge in [-0.05, 0) is 56.7 Å². The Labute approximate surface area is 178 Å². The van der Waals surface area contributed by atoms with Gasteiger partial charge in [-0.2, -0.15) is 0 Å². The minimum atomic E-state index is -0.435. The number of carbonyl (C=O) groups is 3. The molecule has 2 N–H and O–H groups in total. The minimum Gasteiger partial charge on any atom is -0.369 e. The van der Waals surface area contributed by atoms with Gasteiger partial charge in [0.15, 0.2) is 0 Å². The Hall–Kier alpha value is -2.21. The van der Waals surface area contributed by atoms with E-state index in [1.807, 2.05) is 30.3 Å². The predicted octanol–water partition coefficient (Wildman–Crippen LogP) is 2.50. The molecule has 3 fully saturated rings. The Balaban J connectivity index is 1.37. The Morgan fingerprint density at radius 2 is 1.70 bits per heavy atom. The lowest BCUT2D eigenvalue weighted by atomic mass is 9.63. The number of nitrogens with zero attached hydrogens (tertiary/aromatic N) is 2. The SMILES string of the molecule is NC(=O)C1(C2CCCCC2)CCN(C2CC(=O)N(CCc3ccccc3)C2=O)CC1. The van der Waals surface area contributed by atoms with Crippen molar-refractivity contribution in [1.29, 1.82) is 0 Å². The van der Waals surface area contributed by atoms with Crippen LogP contribution in [0, 0.1) is 11.3 Å². The van der Waals surface area contributed by atoms with Crippen LogP contribution >= 0.6 is 0 Å². The molecular weight excluding hydrogens is 378 g/mol. The van der Waals surface area contributed by atoms with E-state index in [-0.39, 0.29) is 30.2 Å². The Bertz CT molecular complexity index is 780. The second-order valence-electron chi connectivity index (χ2n) is 9.23. The van der Waals surface area contributed by atoms with E-state index in [9.17, 15) is 14.4 Å². The van der Waals surface area contributed by atoms with Gasteiger partial charge in [0.1, 0.15) is 0 Å². The molecule has 1 unspecified atom stereocenters. The molecular formula is C24H33N3O3. The van der Waals surface area contributed by atoms with Gasteiger partial charge >= 0.3 is 0 Å². The molecule has 1 aromatic carbocycles. The van der Waals surface area contributed by atoms with E-state index in [1.54, 1.807) is 0 Å². The van der Waals surface area contributed by atoms with Crippen molar-refractivity contribution in [3.8, 4) is 0 Å². The van der Waals surface area contributed by atoms with Gasteiger partial charge in [0.05, 0.1) is 17.9 Å². The van der Waals surface area contributed by atoms with E-state index < -0.39 is 5.41 Å². The fourth-order valence-corrected chi connectivity index (χ4v) is 5.82. The molecule has 1 aromatic rings. The molecule has 0 spiro atoms. The molecule has 3 aliphatic rings. The van der Waals surface area contributed by atoms with Crippen LogP contribution in [0.1, 0.15) is 56.9 Å². The zero-order chi connectivity index (χ0) is 21.1. The highest BCUT2D eigenvalue weighted by Crippen LogP contribution is 2.46. The average molecular weight is 412 g/mol. The van der Waals surface area contributed by atoms with E-state index in [4.69, 9.17) is 5.73 Å². The quantitative estimate of drug-likeness (QED) is 0.729. The lowest BCUT2D eigenvalue weighted by Crippen LogP contribution is -2.54. The second-order valence-corrected chi connectivity index (χ2v) is 9.23. The number of rotatable bonds is 6. The number of hydrogen-bond donors (Lipinski definition) is 1. The number of amides is 3. The lowest BCUT2D eigenvalue weighted by Gasteiger charge is -2.46. The molecule has 4 rings (SSSR count). The van der Waals surface area contributed by atoms with E-state index >= 15 is 0 Å². The highest BCUT2D eigenvalue weighted by molar-refractivity contribution is 6.05. The topological polar surface area (TPSA) is 83.7 Å². The molecule has 0 bridgehead atoms. The first-order valence-corrected chi connectivity index (χ1v) is 11.4. The Kier molecular flexibility index (Phi) is 6.23. The van der Waals surface area contributed by atoms with Gasteiger partial charge in [-0.15, -0.1) is 0 Å². The van der Waals surface area contributed by atoms with Crippen molar-refractivity contribution in [3.05, 3.63) is 35.9 Å². The van der Waals surface area contributed by atoms with Crippen molar-refractivity contribution in [2.75, 3.05) is 19.6 Å². The third-order valence-corrected chi connectivity index (χ3v) is 7.70. The van der Waals surface area contributed by atoms with Crippen molar-refractivity contribution in [2.45, 2.75) is 63.8 Å². The monoisotopic (exact) mass is 411 g/mol. The highest BCUT2D eigenvalue weighted by atomic mass is 16.2. The third-order valence-electron chi connectivity index (χ3n) is 7.70. The maximum Gasteiger partial charge on any atom is 0.247 e. The standard InChI is InChI=1S/C24H33N3O3/c25-23(30)24(19-9-5-2-6-10-19)12-15-26(16-13-24)20-17-21(28)27(22(20)29)14-11-18-7-3-1-4-8-18/h1,3-4,7-8,19-20H,2,5-6,9-17H2,(H2,25,30). The number of imide groups is 1.